The van der Waals surface area contributed by atoms with E-state index in [2.05, 4.69) is 18.7 Å². The zero-order valence-corrected chi connectivity index (χ0v) is 9.00. The van der Waals surface area contributed by atoms with E-state index >= 15 is 0 Å². The Bertz CT molecular complexity index is 138. The van der Waals surface area contributed by atoms with Crippen molar-refractivity contribution in [1.29, 1.82) is 0 Å². The second kappa shape index (κ2) is 5.61. The van der Waals surface area contributed by atoms with Gasteiger partial charge in [-0.25, -0.2) is 0 Å². The van der Waals surface area contributed by atoms with Gasteiger partial charge in [0.1, 0.15) is 0 Å². The lowest BCUT2D eigenvalue weighted by Crippen LogP contribution is -2.42. The van der Waals surface area contributed by atoms with E-state index in [1.807, 2.05) is 0 Å². The van der Waals surface area contributed by atoms with Crippen LogP contribution in [0, 0.1) is 5.92 Å². The molecular weight excluding hydrogens is 162 g/mol. The molecule has 0 spiro atoms. The zero-order chi connectivity index (χ0) is 9.68. The summed E-state index contributed by atoms with van der Waals surface area (Å²) in [5.41, 5.74) is 0. The predicted molar refractivity (Wildman–Crippen MR) is 55.8 cm³/mol. The molecule has 0 saturated heterocycles. The summed E-state index contributed by atoms with van der Waals surface area (Å²) in [7, 11) is 0. The summed E-state index contributed by atoms with van der Waals surface area (Å²) in [6, 6.07) is 0.728. The van der Waals surface area contributed by atoms with Gasteiger partial charge in [0, 0.05) is 12.6 Å². The van der Waals surface area contributed by atoms with Gasteiger partial charge in [-0.05, 0) is 25.3 Å². The van der Waals surface area contributed by atoms with Gasteiger partial charge in [-0.2, -0.15) is 0 Å². The van der Waals surface area contributed by atoms with Gasteiger partial charge in [0.05, 0.1) is 6.61 Å². The number of rotatable bonds is 4. The topological polar surface area (TPSA) is 23.5 Å². The molecule has 1 rings (SSSR count). The van der Waals surface area contributed by atoms with Gasteiger partial charge >= 0.3 is 0 Å². The average Bonchev–Trinajstić information content (AvgIpc) is 2.16. The van der Waals surface area contributed by atoms with Crippen molar-refractivity contribution in [3.8, 4) is 0 Å². The molecule has 0 heterocycles. The highest BCUT2D eigenvalue weighted by atomic mass is 16.3. The van der Waals surface area contributed by atoms with Crippen molar-refractivity contribution in [1.82, 2.24) is 4.90 Å². The molecule has 1 aliphatic carbocycles. The fourth-order valence-electron chi connectivity index (χ4n) is 2.53. The molecular formula is C11H23NO. The van der Waals surface area contributed by atoms with Crippen LogP contribution in [-0.4, -0.2) is 35.7 Å². The van der Waals surface area contributed by atoms with Gasteiger partial charge < -0.3 is 5.11 Å². The first kappa shape index (κ1) is 11.0. The molecule has 2 nitrogen and oxygen atoms in total. The van der Waals surface area contributed by atoms with E-state index in [4.69, 9.17) is 5.11 Å². The number of likely N-dealkylation sites (N-methyl/N-ethyl adjacent to an activating group) is 1. The lowest BCUT2D eigenvalue weighted by Gasteiger charge is -2.37. The molecule has 1 N–H and O–H groups in total. The van der Waals surface area contributed by atoms with E-state index in [-0.39, 0.29) is 0 Å². The molecule has 0 aromatic carbocycles. The van der Waals surface area contributed by atoms with Crippen molar-refractivity contribution in [2.45, 2.75) is 45.6 Å². The first-order chi connectivity index (χ1) is 6.29. The van der Waals surface area contributed by atoms with Crippen LogP contribution in [-0.2, 0) is 0 Å². The Hall–Kier alpha value is -0.0800. The predicted octanol–water partition coefficient (Wildman–Crippen LogP) is 1.88. The van der Waals surface area contributed by atoms with Crippen LogP contribution in [0.15, 0.2) is 0 Å². The van der Waals surface area contributed by atoms with Crippen LogP contribution < -0.4 is 0 Å². The quantitative estimate of drug-likeness (QED) is 0.723. The number of hydrogen-bond donors (Lipinski definition) is 1. The summed E-state index contributed by atoms with van der Waals surface area (Å²) in [5, 5.41) is 8.94. The Morgan fingerprint density at radius 2 is 2.00 bits per heavy atom. The van der Waals surface area contributed by atoms with E-state index in [0.717, 1.165) is 25.0 Å². The summed E-state index contributed by atoms with van der Waals surface area (Å²) in [4.78, 5) is 2.43. The Balaban J connectivity index is 2.44. The molecule has 0 unspecified atom stereocenters. The van der Waals surface area contributed by atoms with Gasteiger partial charge in [0.2, 0.25) is 0 Å². The molecule has 13 heavy (non-hydrogen) atoms. The highest BCUT2D eigenvalue weighted by molar-refractivity contribution is 4.80. The summed E-state index contributed by atoms with van der Waals surface area (Å²) in [5.74, 6) is 0.820. The van der Waals surface area contributed by atoms with Crippen LogP contribution in [0.1, 0.15) is 39.5 Å². The average molecular weight is 185 g/mol. The van der Waals surface area contributed by atoms with Crippen LogP contribution in [0.2, 0.25) is 0 Å². The van der Waals surface area contributed by atoms with Crippen molar-refractivity contribution in [2.24, 2.45) is 5.92 Å². The Labute approximate surface area is 81.9 Å². The van der Waals surface area contributed by atoms with Crippen molar-refractivity contribution >= 4 is 0 Å². The minimum absolute atomic E-state index is 0.303. The minimum Gasteiger partial charge on any atom is -0.395 e. The molecule has 2 atom stereocenters. The summed E-state index contributed by atoms with van der Waals surface area (Å²) in [6.45, 7) is 6.78. The van der Waals surface area contributed by atoms with Crippen LogP contribution in [0.25, 0.3) is 0 Å². The maximum atomic E-state index is 8.94. The molecule has 0 aliphatic heterocycles. The number of nitrogens with zero attached hydrogens (tertiary/aromatic N) is 1. The molecule has 0 aromatic heterocycles. The van der Waals surface area contributed by atoms with E-state index < -0.39 is 0 Å². The van der Waals surface area contributed by atoms with Crippen molar-refractivity contribution in [2.75, 3.05) is 19.7 Å². The third kappa shape index (κ3) is 2.96. The third-order valence-corrected chi connectivity index (χ3v) is 3.33. The highest BCUT2D eigenvalue weighted by Gasteiger charge is 2.25. The van der Waals surface area contributed by atoms with Gasteiger partial charge in [-0.1, -0.05) is 26.7 Å². The molecule has 1 saturated carbocycles. The number of aliphatic hydroxyl groups excluding tert-OH is 1. The second-order valence-electron chi connectivity index (χ2n) is 4.18. The summed E-state index contributed by atoms with van der Waals surface area (Å²) < 4.78 is 0. The first-order valence-electron chi connectivity index (χ1n) is 5.64. The highest BCUT2D eigenvalue weighted by Crippen LogP contribution is 2.27. The zero-order valence-electron chi connectivity index (χ0n) is 9.00. The van der Waals surface area contributed by atoms with Crippen LogP contribution in [0.4, 0.5) is 0 Å². The van der Waals surface area contributed by atoms with Crippen LogP contribution in [0.3, 0.4) is 0 Å². The van der Waals surface area contributed by atoms with Gasteiger partial charge in [-0.3, -0.25) is 4.90 Å². The number of hydrogen-bond acceptors (Lipinski definition) is 2. The maximum Gasteiger partial charge on any atom is 0.0558 e. The molecule has 1 fully saturated rings. The molecule has 2 heteroatoms. The second-order valence-corrected chi connectivity index (χ2v) is 4.18. The minimum atomic E-state index is 0.303. The van der Waals surface area contributed by atoms with E-state index in [9.17, 15) is 0 Å². The van der Waals surface area contributed by atoms with Crippen LogP contribution in [0.5, 0.6) is 0 Å². The summed E-state index contributed by atoms with van der Waals surface area (Å²) >= 11 is 0. The molecule has 78 valence electrons. The third-order valence-electron chi connectivity index (χ3n) is 3.33. The van der Waals surface area contributed by atoms with Crippen molar-refractivity contribution < 1.29 is 5.11 Å². The Morgan fingerprint density at radius 1 is 1.31 bits per heavy atom. The summed E-state index contributed by atoms with van der Waals surface area (Å²) in [6.07, 6.45) is 5.47. The van der Waals surface area contributed by atoms with E-state index in [0.29, 0.717) is 6.61 Å². The largest absolute Gasteiger partial charge is 0.395 e. The van der Waals surface area contributed by atoms with Crippen LogP contribution >= 0.6 is 0 Å². The molecule has 0 bridgehead atoms. The van der Waals surface area contributed by atoms with Crippen molar-refractivity contribution in [3.63, 3.8) is 0 Å². The first-order valence-corrected chi connectivity index (χ1v) is 5.64. The fourth-order valence-corrected chi connectivity index (χ4v) is 2.53. The van der Waals surface area contributed by atoms with E-state index in [1.165, 1.54) is 25.7 Å². The lowest BCUT2D eigenvalue weighted by atomic mass is 9.85. The molecule has 0 amide bonds. The smallest absolute Gasteiger partial charge is 0.0558 e. The molecule has 1 aliphatic rings. The maximum absolute atomic E-state index is 8.94. The fraction of sp³-hybridized carbons (Fsp3) is 1.00. The Kier molecular flexibility index (Phi) is 4.74. The van der Waals surface area contributed by atoms with Gasteiger partial charge in [0.15, 0.2) is 0 Å². The number of aliphatic hydroxyl groups is 1. The molecule has 0 radical (unpaired) electrons. The van der Waals surface area contributed by atoms with Crippen molar-refractivity contribution in [3.05, 3.63) is 0 Å². The molecule has 0 aromatic rings. The Morgan fingerprint density at radius 3 is 2.54 bits per heavy atom. The van der Waals surface area contributed by atoms with Gasteiger partial charge in [0.25, 0.3) is 0 Å². The van der Waals surface area contributed by atoms with Gasteiger partial charge in [-0.15, -0.1) is 0 Å². The lowest BCUT2D eigenvalue weighted by molar-refractivity contribution is 0.0954. The normalized spacial score (nSPS) is 29.5. The van der Waals surface area contributed by atoms with E-state index in [1.54, 1.807) is 0 Å². The standard InChI is InChI=1S/C11H23NO/c1-3-12(8-9-13)11-7-5-4-6-10(11)2/h10-11,13H,3-9H2,1-2H3/t10-,11+/m1/s1. The monoisotopic (exact) mass is 185 g/mol. The SMILES string of the molecule is CCN(CCO)[C@H]1CCCC[C@H]1C.